The number of nitrogens with zero attached hydrogens (tertiary/aromatic N) is 4. The van der Waals surface area contributed by atoms with Gasteiger partial charge in [-0.1, -0.05) is 17.7 Å². The number of nitrogens with two attached hydrogens (primary N) is 1. The van der Waals surface area contributed by atoms with E-state index in [4.69, 9.17) is 5.84 Å². The smallest absolute Gasteiger partial charge is 0.163 e. The Bertz CT molecular complexity index is 782. The van der Waals surface area contributed by atoms with E-state index in [2.05, 4.69) is 51.7 Å². The Morgan fingerprint density at radius 3 is 2.95 bits per heavy atom. The Labute approximate surface area is 126 Å². The number of nitrogens with one attached hydrogen (secondary N) is 1. The SMILES string of the molecule is Cc1cccc(SCc2nc(NN)c3cnn(C)c3n2)c1. The van der Waals surface area contributed by atoms with Gasteiger partial charge >= 0.3 is 0 Å². The molecule has 6 nitrogen and oxygen atoms in total. The van der Waals surface area contributed by atoms with Gasteiger partial charge in [-0.15, -0.1) is 11.8 Å². The second-order valence-electron chi connectivity index (χ2n) is 4.74. The first-order valence-corrected chi connectivity index (χ1v) is 7.50. The number of aryl methyl sites for hydroxylation is 2. The lowest BCUT2D eigenvalue weighted by atomic mass is 10.2. The molecule has 1 aromatic carbocycles. The van der Waals surface area contributed by atoms with Crippen LogP contribution in [0.5, 0.6) is 0 Å². The molecule has 0 aliphatic heterocycles. The highest BCUT2D eigenvalue weighted by Crippen LogP contribution is 2.25. The monoisotopic (exact) mass is 300 g/mol. The second kappa shape index (κ2) is 5.71. The van der Waals surface area contributed by atoms with Gasteiger partial charge < -0.3 is 5.43 Å². The fraction of sp³-hybridized carbons (Fsp3) is 0.214. The van der Waals surface area contributed by atoms with E-state index < -0.39 is 0 Å². The van der Waals surface area contributed by atoms with Crippen LogP contribution in [-0.2, 0) is 12.8 Å². The molecule has 0 unspecified atom stereocenters. The van der Waals surface area contributed by atoms with Crippen molar-refractivity contribution in [1.29, 1.82) is 0 Å². The highest BCUT2D eigenvalue weighted by Gasteiger charge is 2.11. The molecule has 3 rings (SSSR count). The number of rotatable bonds is 4. The fourth-order valence-corrected chi connectivity index (χ4v) is 2.96. The standard InChI is InChI=1S/C14H16N6S/c1-9-4-3-5-10(6-9)21-8-12-17-13(19-15)11-7-16-20(2)14(11)18-12/h3-7H,8,15H2,1-2H3,(H,17,18,19). The van der Waals surface area contributed by atoms with Crippen molar-refractivity contribution in [2.24, 2.45) is 12.9 Å². The number of fused-ring (bicyclic) bond motifs is 1. The number of thioether (sulfide) groups is 1. The zero-order chi connectivity index (χ0) is 14.8. The molecule has 0 fully saturated rings. The average Bonchev–Trinajstić information content (AvgIpc) is 2.86. The molecule has 21 heavy (non-hydrogen) atoms. The lowest BCUT2D eigenvalue weighted by Gasteiger charge is -2.06. The Balaban J connectivity index is 1.88. The van der Waals surface area contributed by atoms with Gasteiger partial charge in [0.2, 0.25) is 0 Å². The van der Waals surface area contributed by atoms with Crippen molar-refractivity contribution in [3.05, 3.63) is 41.9 Å². The summed E-state index contributed by atoms with van der Waals surface area (Å²) in [6.07, 6.45) is 1.71. The van der Waals surface area contributed by atoms with E-state index in [1.54, 1.807) is 22.6 Å². The molecule has 3 aromatic rings. The van der Waals surface area contributed by atoms with Crippen LogP contribution in [-0.4, -0.2) is 19.7 Å². The molecule has 0 bridgehead atoms. The maximum atomic E-state index is 5.54. The van der Waals surface area contributed by atoms with Crippen LogP contribution in [0, 0.1) is 6.92 Å². The van der Waals surface area contributed by atoms with E-state index in [1.165, 1.54) is 10.5 Å². The van der Waals surface area contributed by atoms with E-state index in [-0.39, 0.29) is 0 Å². The van der Waals surface area contributed by atoms with Gasteiger partial charge in [-0.25, -0.2) is 15.8 Å². The van der Waals surface area contributed by atoms with Crippen molar-refractivity contribution in [3.63, 3.8) is 0 Å². The van der Waals surface area contributed by atoms with Gasteiger partial charge in [0, 0.05) is 11.9 Å². The van der Waals surface area contributed by atoms with E-state index in [0.717, 1.165) is 16.9 Å². The van der Waals surface area contributed by atoms with Gasteiger partial charge in [0.15, 0.2) is 11.5 Å². The zero-order valence-electron chi connectivity index (χ0n) is 11.9. The number of hydrogen-bond acceptors (Lipinski definition) is 6. The predicted molar refractivity (Wildman–Crippen MR) is 84.9 cm³/mol. The molecule has 0 saturated carbocycles. The van der Waals surface area contributed by atoms with Crippen molar-refractivity contribution < 1.29 is 0 Å². The number of nitrogen functional groups attached to an aromatic ring is 1. The summed E-state index contributed by atoms with van der Waals surface area (Å²) in [5.41, 5.74) is 4.64. The molecule has 2 heterocycles. The number of hydrazine groups is 1. The Morgan fingerprint density at radius 1 is 1.33 bits per heavy atom. The van der Waals surface area contributed by atoms with Gasteiger partial charge in [-0.3, -0.25) is 4.68 Å². The molecule has 108 valence electrons. The molecule has 0 aliphatic carbocycles. The molecular formula is C14H16N6S. The van der Waals surface area contributed by atoms with Crippen LogP contribution in [0.15, 0.2) is 35.4 Å². The summed E-state index contributed by atoms with van der Waals surface area (Å²) in [7, 11) is 1.85. The van der Waals surface area contributed by atoms with Crippen LogP contribution in [0.25, 0.3) is 11.0 Å². The van der Waals surface area contributed by atoms with Crippen LogP contribution < -0.4 is 11.3 Å². The van der Waals surface area contributed by atoms with Gasteiger partial charge in [0.05, 0.1) is 17.3 Å². The first-order chi connectivity index (χ1) is 10.2. The molecule has 0 atom stereocenters. The lowest BCUT2D eigenvalue weighted by Crippen LogP contribution is -2.11. The van der Waals surface area contributed by atoms with Crippen molar-refractivity contribution in [2.75, 3.05) is 5.43 Å². The van der Waals surface area contributed by atoms with Crippen molar-refractivity contribution in [1.82, 2.24) is 19.7 Å². The summed E-state index contributed by atoms with van der Waals surface area (Å²) >= 11 is 1.70. The van der Waals surface area contributed by atoms with Crippen LogP contribution in [0.4, 0.5) is 5.82 Å². The summed E-state index contributed by atoms with van der Waals surface area (Å²) < 4.78 is 1.72. The third-order valence-corrected chi connectivity index (χ3v) is 4.12. The van der Waals surface area contributed by atoms with Crippen molar-refractivity contribution in [3.8, 4) is 0 Å². The maximum absolute atomic E-state index is 5.54. The topological polar surface area (TPSA) is 81.6 Å². The molecular weight excluding hydrogens is 284 g/mol. The summed E-state index contributed by atoms with van der Waals surface area (Å²) in [6, 6.07) is 8.37. The minimum Gasteiger partial charge on any atom is -0.308 e. The average molecular weight is 300 g/mol. The number of anilines is 1. The second-order valence-corrected chi connectivity index (χ2v) is 5.79. The lowest BCUT2D eigenvalue weighted by molar-refractivity contribution is 0.782. The largest absolute Gasteiger partial charge is 0.308 e. The number of aromatic nitrogens is 4. The van der Waals surface area contributed by atoms with Gasteiger partial charge in [-0.05, 0) is 19.1 Å². The van der Waals surface area contributed by atoms with Crippen molar-refractivity contribution >= 4 is 28.6 Å². The molecule has 0 radical (unpaired) electrons. The molecule has 0 saturated heterocycles. The minimum atomic E-state index is 0.605. The van der Waals surface area contributed by atoms with Gasteiger partial charge in [0.25, 0.3) is 0 Å². The van der Waals surface area contributed by atoms with Crippen LogP contribution in [0.3, 0.4) is 0 Å². The Morgan fingerprint density at radius 2 is 2.19 bits per heavy atom. The third kappa shape index (κ3) is 2.84. The first-order valence-electron chi connectivity index (χ1n) is 6.52. The maximum Gasteiger partial charge on any atom is 0.163 e. The quantitative estimate of drug-likeness (QED) is 0.437. The molecule has 2 aromatic heterocycles. The molecule has 0 spiro atoms. The summed E-state index contributed by atoms with van der Waals surface area (Å²) in [5.74, 6) is 7.55. The summed E-state index contributed by atoms with van der Waals surface area (Å²) in [5, 5.41) is 5.01. The van der Waals surface area contributed by atoms with E-state index >= 15 is 0 Å². The van der Waals surface area contributed by atoms with E-state index in [1.807, 2.05) is 7.05 Å². The van der Waals surface area contributed by atoms with Crippen LogP contribution in [0.2, 0.25) is 0 Å². The van der Waals surface area contributed by atoms with E-state index in [9.17, 15) is 0 Å². The molecule has 7 heteroatoms. The normalized spacial score (nSPS) is 11.0. The van der Waals surface area contributed by atoms with Crippen LogP contribution >= 0.6 is 11.8 Å². The highest BCUT2D eigenvalue weighted by atomic mass is 32.2. The minimum absolute atomic E-state index is 0.605. The predicted octanol–water partition coefficient (Wildman–Crippen LogP) is 2.25. The van der Waals surface area contributed by atoms with Gasteiger partial charge in [0.1, 0.15) is 5.82 Å². The molecule has 0 aliphatic rings. The Hall–Kier alpha value is -2.12. The van der Waals surface area contributed by atoms with Crippen molar-refractivity contribution in [2.45, 2.75) is 17.6 Å². The molecule has 0 amide bonds. The number of benzene rings is 1. The first kappa shape index (κ1) is 13.8. The summed E-state index contributed by atoms with van der Waals surface area (Å²) in [6.45, 7) is 2.08. The summed E-state index contributed by atoms with van der Waals surface area (Å²) in [4.78, 5) is 10.2. The van der Waals surface area contributed by atoms with Gasteiger partial charge in [-0.2, -0.15) is 5.10 Å². The fourth-order valence-electron chi connectivity index (χ4n) is 2.09. The number of hydrogen-bond donors (Lipinski definition) is 2. The van der Waals surface area contributed by atoms with Crippen LogP contribution in [0.1, 0.15) is 11.4 Å². The third-order valence-electron chi connectivity index (χ3n) is 3.13. The Kier molecular flexibility index (Phi) is 3.76. The highest BCUT2D eigenvalue weighted by molar-refractivity contribution is 7.98. The van der Waals surface area contributed by atoms with E-state index in [0.29, 0.717) is 11.6 Å². The molecule has 3 N–H and O–H groups in total. The zero-order valence-corrected chi connectivity index (χ0v) is 12.7.